The minimum Gasteiger partial charge on any atom is -0.408 e. The number of piperidine rings is 1. The van der Waals surface area contributed by atoms with Crippen molar-refractivity contribution in [3.05, 3.63) is 5.89 Å². The van der Waals surface area contributed by atoms with Crippen LogP contribution in [0.5, 0.6) is 0 Å². The van der Waals surface area contributed by atoms with Gasteiger partial charge in [0, 0.05) is 13.5 Å². The molecule has 1 aromatic heterocycles. The minimum absolute atomic E-state index is 0.103. The number of amides is 1. The summed E-state index contributed by atoms with van der Waals surface area (Å²) in [6.45, 7) is 4.99. The molecule has 7 heteroatoms. The second-order valence-corrected chi connectivity index (χ2v) is 4.98. The molecule has 7 nitrogen and oxygen atoms in total. The Morgan fingerprint density at radius 2 is 2.37 bits per heavy atom. The number of anilines is 1. The molecule has 2 rings (SSSR count). The first-order valence-corrected chi connectivity index (χ1v) is 6.64. The molecule has 106 valence electrons. The van der Waals surface area contributed by atoms with Crippen LogP contribution in [0.4, 0.5) is 6.01 Å². The van der Waals surface area contributed by atoms with Crippen LogP contribution in [0.25, 0.3) is 0 Å². The number of rotatable bonds is 5. The zero-order chi connectivity index (χ0) is 13.7. The highest BCUT2D eigenvalue weighted by atomic mass is 16.4. The molecule has 1 fully saturated rings. The van der Waals surface area contributed by atoms with Gasteiger partial charge in [-0.2, -0.15) is 0 Å². The molecule has 0 aliphatic carbocycles. The van der Waals surface area contributed by atoms with Crippen molar-refractivity contribution < 1.29 is 9.21 Å². The van der Waals surface area contributed by atoms with Gasteiger partial charge in [0.05, 0.1) is 6.54 Å². The normalized spacial score (nSPS) is 20.4. The summed E-state index contributed by atoms with van der Waals surface area (Å²) in [5, 5.41) is 13.2. The molecule has 0 saturated carbocycles. The molecule has 2 heterocycles. The van der Waals surface area contributed by atoms with Gasteiger partial charge < -0.3 is 9.73 Å². The van der Waals surface area contributed by atoms with Gasteiger partial charge in [-0.3, -0.25) is 15.0 Å². The number of carbonyl (C=O) groups excluding carboxylic acids is 1. The van der Waals surface area contributed by atoms with Gasteiger partial charge in [-0.05, 0) is 38.9 Å². The summed E-state index contributed by atoms with van der Waals surface area (Å²) in [4.78, 5) is 14.0. The van der Waals surface area contributed by atoms with Crippen molar-refractivity contribution in [2.24, 2.45) is 5.92 Å². The number of hydrogen-bond acceptors (Lipinski definition) is 6. The first-order valence-electron chi connectivity index (χ1n) is 6.64. The quantitative estimate of drug-likeness (QED) is 0.795. The molecule has 19 heavy (non-hydrogen) atoms. The maximum Gasteiger partial charge on any atom is 0.322 e. The van der Waals surface area contributed by atoms with Gasteiger partial charge in [0.25, 0.3) is 0 Å². The molecule has 1 atom stereocenters. The van der Waals surface area contributed by atoms with E-state index in [2.05, 4.69) is 25.7 Å². The Hall–Kier alpha value is -1.47. The fourth-order valence-corrected chi connectivity index (χ4v) is 2.46. The smallest absolute Gasteiger partial charge is 0.322 e. The molecule has 0 spiro atoms. The van der Waals surface area contributed by atoms with Crippen molar-refractivity contribution in [2.75, 3.05) is 38.5 Å². The summed E-state index contributed by atoms with van der Waals surface area (Å²) < 4.78 is 5.12. The molecule has 1 aromatic rings. The van der Waals surface area contributed by atoms with E-state index in [4.69, 9.17) is 4.42 Å². The van der Waals surface area contributed by atoms with Crippen LogP contribution in [0, 0.1) is 12.8 Å². The van der Waals surface area contributed by atoms with Gasteiger partial charge >= 0.3 is 6.01 Å². The molecule has 2 N–H and O–H groups in total. The second kappa shape index (κ2) is 6.63. The Kier molecular flexibility index (Phi) is 4.86. The Morgan fingerprint density at radius 3 is 3.05 bits per heavy atom. The second-order valence-electron chi connectivity index (χ2n) is 4.98. The lowest BCUT2D eigenvalue weighted by Crippen LogP contribution is -2.42. The predicted octanol–water partition coefficient (Wildman–Crippen LogP) is 0.248. The SMILES string of the molecule is CNCC1CCCN(CC(=O)Nc2nnc(C)o2)C1. The van der Waals surface area contributed by atoms with Gasteiger partial charge in [-0.25, -0.2) is 0 Å². The fraction of sp³-hybridized carbons (Fsp3) is 0.750. The first kappa shape index (κ1) is 14.0. The maximum atomic E-state index is 11.9. The van der Waals surface area contributed by atoms with Crippen LogP contribution in [-0.2, 0) is 4.79 Å². The first-order chi connectivity index (χ1) is 9.17. The molecule has 1 unspecified atom stereocenters. The van der Waals surface area contributed by atoms with Crippen LogP contribution in [0.15, 0.2) is 4.42 Å². The zero-order valence-electron chi connectivity index (χ0n) is 11.5. The number of aromatic nitrogens is 2. The molecule has 0 aromatic carbocycles. The number of nitrogens with one attached hydrogen (secondary N) is 2. The molecule has 0 radical (unpaired) electrons. The Balaban J connectivity index is 1.78. The van der Waals surface area contributed by atoms with Crippen molar-refractivity contribution in [2.45, 2.75) is 19.8 Å². The van der Waals surface area contributed by atoms with Crippen molar-refractivity contribution in [3.63, 3.8) is 0 Å². The highest BCUT2D eigenvalue weighted by molar-refractivity contribution is 5.90. The molecule has 1 saturated heterocycles. The Morgan fingerprint density at radius 1 is 1.53 bits per heavy atom. The average Bonchev–Trinajstić information content (AvgIpc) is 2.75. The molecule has 1 aliphatic heterocycles. The van der Waals surface area contributed by atoms with Gasteiger partial charge in [0.15, 0.2) is 0 Å². The van der Waals surface area contributed by atoms with E-state index in [9.17, 15) is 4.79 Å². The molecular weight excluding hydrogens is 246 g/mol. The highest BCUT2D eigenvalue weighted by Crippen LogP contribution is 2.15. The summed E-state index contributed by atoms with van der Waals surface area (Å²) >= 11 is 0. The van der Waals surface area contributed by atoms with Crippen LogP contribution in [0.1, 0.15) is 18.7 Å². The van der Waals surface area contributed by atoms with Crippen LogP contribution < -0.4 is 10.6 Å². The monoisotopic (exact) mass is 267 g/mol. The zero-order valence-corrected chi connectivity index (χ0v) is 11.5. The lowest BCUT2D eigenvalue weighted by atomic mass is 9.98. The van der Waals surface area contributed by atoms with E-state index < -0.39 is 0 Å². The van der Waals surface area contributed by atoms with Crippen molar-refractivity contribution in [1.82, 2.24) is 20.4 Å². The average molecular weight is 267 g/mol. The van der Waals surface area contributed by atoms with Crippen molar-refractivity contribution >= 4 is 11.9 Å². The van der Waals surface area contributed by atoms with E-state index in [0.29, 0.717) is 18.4 Å². The van der Waals surface area contributed by atoms with E-state index in [0.717, 1.165) is 26.1 Å². The largest absolute Gasteiger partial charge is 0.408 e. The lowest BCUT2D eigenvalue weighted by Gasteiger charge is -2.31. The van der Waals surface area contributed by atoms with E-state index in [1.54, 1.807) is 6.92 Å². The summed E-state index contributed by atoms with van der Waals surface area (Å²) in [6, 6.07) is 0.172. The topological polar surface area (TPSA) is 83.3 Å². The van der Waals surface area contributed by atoms with Crippen LogP contribution >= 0.6 is 0 Å². The van der Waals surface area contributed by atoms with Crippen LogP contribution in [0.2, 0.25) is 0 Å². The number of likely N-dealkylation sites (tertiary alicyclic amines) is 1. The summed E-state index contributed by atoms with van der Waals surface area (Å²) in [6.07, 6.45) is 2.36. The lowest BCUT2D eigenvalue weighted by molar-refractivity contribution is -0.117. The molecule has 1 amide bonds. The molecular formula is C12H21N5O2. The number of aryl methyl sites for hydroxylation is 1. The number of nitrogens with zero attached hydrogens (tertiary/aromatic N) is 3. The number of hydrogen-bond donors (Lipinski definition) is 2. The van der Waals surface area contributed by atoms with E-state index >= 15 is 0 Å². The van der Waals surface area contributed by atoms with Crippen LogP contribution in [-0.4, -0.2) is 54.2 Å². The standard InChI is InChI=1S/C12H21N5O2/c1-9-15-16-12(19-9)14-11(18)8-17-5-3-4-10(7-17)6-13-2/h10,13H,3-8H2,1-2H3,(H,14,16,18). The highest BCUT2D eigenvalue weighted by Gasteiger charge is 2.21. The van der Waals surface area contributed by atoms with Gasteiger partial charge in [0.2, 0.25) is 11.8 Å². The Labute approximate surface area is 112 Å². The van der Waals surface area contributed by atoms with Crippen molar-refractivity contribution in [1.29, 1.82) is 0 Å². The predicted molar refractivity (Wildman–Crippen MR) is 70.8 cm³/mol. The van der Waals surface area contributed by atoms with Gasteiger partial charge in [-0.15, -0.1) is 5.10 Å². The third-order valence-corrected chi connectivity index (χ3v) is 3.24. The third kappa shape index (κ3) is 4.29. The fourth-order valence-electron chi connectivity index (χ4n) is 2.46. The van der Waals surface area contributed by atoms with Crippen molar-refractivity contribution in [3.8, 4) is 0 Å². The van der Waals surface area contributed by atoms with Gasteiger partial charge in [-0.1, -0.05) is 5.10 Å². The summed E-state index contributed by atoms with van der Waals surface area (Å²) in [5.41, 5.74) is 0. The van der Waals surface area contributed by atoms with Crippen LogP contribution in [0.3, 0.4) is 0 Å². The summed E-state index contributed by atoms with van der Waals surface area (Å²) in [7, 11) is 1.96. The van der Waals surface area contributed by atoms with E-state index in [-0.39, 0.29) is 11.9 Å². The van der Waals surface area contributed by atoms with E-state index in [1.807, 2.05) is 7.05 Å². The Bertz CT molecular complexity index is 418. The molecule has 0 bridgehead atoms. The molecule has 1 aliphatic rings. The summed E-state index contributed by atoms with van der Waals surface area (Å²) in [5.74, 6) is 0.966. The maximum absolute atomic E-state index is 11.9. The minimum atomic E-state index is -0.103. The van der Waals surface area contributed by atoms with E-state index in [1.165, 1.54) is 6.42 Å². The number of carbonyl (C=O) groups is 1. The van der Waals surface area contributed by atoms with Gasteiger partial charge in [0.1, 0.15) is 0 Å². The third-order valence-electron chi connectivity index (χ3n) is 3.24.